The minimum Gasteiger partial charge on any atom is -0.367 e. The summed E-state index contributed by atoms with van der Waals surface area (Å²) >= 11 is 0. The third-order valence-electron chi connectivity index (χ3n) is 4.39. The van der Waals surface area contributed by atoms with Crippen molar-refractivity contribution in [2.75, 3.05) is 32.1 Å². The van der Waals surface area contributed by atoms with E-state index < -0.39 is 0 Å². The Morgan fingerprint density at radius 2 is 1.90 bits per heavy atom. The van der Waals surface area contributed by atoms with Crippen LogP contribution in [0.5, 0.6) is 0 Å². The average molecular weight is 273 g/mol. The third-order valence-corrected chi connectivity index (χ3v) is 4.39. The molecule has 3 nitrogen and oxygen atoms in total. The lowest BCUT2D eigenvalue weighted by atomic mass is 10.1. The van der Waals surface area contributed by atoms with E-state index in [1.54, 1.807) is 0 Å². The van der Waals surface area contributed by atoms with Crippen molar-refractivity contribution in [3.8, 4) is 0 Å². The largest absolute Gasteiger partial charge is 0.367 e. The highest BCUT2D eigenvalue weighted by atomic mass is 15.2. The SMILES string of the molecule is CN(C)CC1CCCN1c1ccc(CNC2CC2)cc1. The molecule has 1 heterocycles. The van der Waals surface area contributed by atoms with Gasteiger partial charge in [-0.1, -0.05) is 12.1 Å². The molecule has 0 aromatic heterocycles. The molecule has 1 atom stereocenters. The van der Waals surface area contributed by atoms with Crippen LogP contribution in [0.4, 0.5) is 5.69 Å². The van der Waals surface area contributed by atoms with Crippen molar-refractivity contribution < 1.29 is 0 Å². The van der Waals surface area contributed by atoms with Crippen molar-refractivity contribution in [2.45, 2.75) is 44.3 Å². The smallest absolute Gasteiger partial charge is 0.0417 e. The van der Waals surface area contributed by atoms with Gasteiger partial charge < -0.3 is 15.1 Å². The summed E-state index contributed by atoms with van der Waals surface area (Å²) in [5, 5.41) is 3.58. The van der Waals surface area contributed by atoms with Gasteiger partial charge in [-0.05, 0) is 57.5 Å². The lowest BCUT2D eigenvalue weighted by Crippen LogP contribution is -2.37. The molecule has 1 N–H and O–H groups in total. The Hall–Kier alpha value is -1.06. The van der Waals surface area contributed by atoms with Crippen LogP contribution in [-0.2, 0) is 6.54 Å². The van der Waals surface area contributed by atoms with Crippen molar-refractivity contribution in [1.29, 1.82) is 0 Å². The molecule has 0 spiro atoms. The lowest BCUT2D eigenvalue weighted by Gasteiger charge is -2.29. The Morgan fingerprint density at radius 1 is 1.15 bits per heavy atom. The minimum atomic E-state index is 0.681. The van der Waals surface area contributed by atoms with E-state index in [1.807, 2.05) is 0 Å². The first-order valence-electron chi connectivity index (χ1n) is 7.96. The highest BCUT2D eigenvalue weighted by molar-refractivity contribution is 5.49. The predicted octanol–water partition coefficient (Wildman–Crippen LogP) is 2.47. The standard InChI is InChI=1S/C17H27N3/c1-19(2)13-17-4-3-11-20(17)16-9-5-14(6-10-16)12-18-15-7-8-15/h5-6,9-10,15,17-18H,3-4,7-8,11-13H2,1-2H3. The van der Waals surface area contributed by atoms with E-state index in [0.717, 1.165) is 19.1 Å². The summed E-state index contributed by atoms with van der Waals surface area (Å²) in [6, 6.07) is 10.7. The summed E-state index contributed by atoms with van der Waals surface area (Å²) < 4.78 is 0. The van der Waals surface area contributed by atoms with E-state index in [4.69, 9.17) is 0 Å². The predicted molar refractivity (Wildman–Crippen MR) is 85.2 cm³/mol. The number of nitrogens with one attached hydrogen (secondary N) is 1. The summed E-state index contributed by atoms with van der Waals surface area (Å²) in [5.41, 5.74) is 2.80. The summed E-state index contributed by atoms with van der Waals surface area (Å²) in [7, 11) is 4.34. The summed E-state index contributed by atoms with van der Waals surface area (Å²) in [5.74, 6) is 0. The molecule has 1 saturated carbocycles. The van der Waals surface area contributed by atoms with Gasteiger partial charge in [0.05, 0.1) is 0 Å². The summed E-state index contributed by atoms with van der Waals surface area (Å²) in [4.78, 5) is 4.88. The minimum absolute atomic E-state index is 0.681. The highest BCUT2D eigenvalue weighted by Crippen LogP contribution is 2.26. The fourth-order valence-corrected chi connectivity index (χ4v) is 3.14. The second-order valence-corrected chi connectivity index (χ2v) is 6.57. The van der Waals surface area contributed by atoms with Gasteiger partial charge in [0, 0.05) is 37.4 Å². The van der Waals surface area contributed by atoms with E-state index in [2.05, 4.69) is 53.5 Å². The molecule has 0 radical (unpaired) electrons. The number of likely N-dealkylation sites (N-methyl/N-ethyl adjacent to an activating group) is 1. The molecule has 1 aromatic carbocycles. The quantitative estimate of drug-likeness (QED) is 0.859. The fraction of sp³-hybridized carbons (Fsp3) is 0.647. The van der Waals surface area contributed by atoms with Gasteiger partial charge in [-0.3, -0.25) is 0 Å². The van der Waals surface area contributed by atoms with Crippen molar-refractivity contribution in [3.63, 3.8) is 0 Å². The zero-order valence-corrected chi connectivity index (χ0v) is 12.8. The lowest BCUT2D eigenvalue weighted by molar-refractivity contribution is 0.372. The van der Waals surface area contributed by atoms with E-state index in [0.29, 0.717) is 6.04 Å². The Bertz CT molecular complexity index is 422. The second-order valence-electron chi connectivity index (χ2n) is 6.57. The molecular weight excluding hydrogens is 246 g/mol. The normalized spacial score (nSPS) is 22.8. The molecule has 2 fully saturated rings. The van der Waals surface area contributed by atoms with Crippen LogP contribution in [0.2, 0.25) is 0 Å². The van der Waals surface area contributed by atoms with Crippen molar-refractivity contribution in [2.24, 2.45) is 0 Å². The monoisotopic (exact) mass is 273 g/mol. The molecular formula is C17H27N3. The van der Waals surface area contributed by atoms with Crippen molar-refractivity contribution >= 4 is 5.69 Å². The van der Waals surface area contributed by atoms with Crippen molar-refractivity contribution in [1.82, 2.24) is 10.2 Å². The number of hydrogen-bond acceptors (Lipinski definition) is 3. The maximum absolute atomic E-state index is 3.58. The molecule has 20 heavy (non-hydrogen) atoms. The first kappa shape index (κ1) is 13.9. The van der Waals surface area contributed by atoms with Gasteiger partial charge >= 0.3 is 0 Å². The maximum Gasteiger partial charge on any atom is 0.0417 e. The zero-order valence-electron chi connectivity index (χ0n) is 12.8. The molecule has 3 rings (SSSR count). The van der Waals surface area contributed by atoms with E-state index in [1.165, 1.54) is 43.5 Å². The van der Waals surface area contributed by atoms with Crippen LogP contribution in [0.25, 0.3) is 0 Å². The molecule has 1 aliphatic heterocycles. The Kier molecular flexibility index (Phi) is 4.27. The maximum atomic E-state index is 3.58. The molecule has 0 amide bonds. The zero-order chi connectivity index (χ0) is 13.9. The van der Waals surface area contributed by atoms with Crippen LogP contribution in [0.15, 0.2) is 24.3 Å². The second kappa shape index (κ2) is 6.15. The summed E-state index contributed by atoms with van der Waals surface area (Å²) in [6.45, 7) is 3.38. The average Bonchev–Trinajstić information content (AvgIpc) is 3.16. The molecule has 1 saturated heterocycles. The van der Waals surface area contributed by atoms with Gasteiger partial charge in [0.1, 0.15) is 0 Å². The van der Waals surface area contributed by atoms with Gasteiger partial charge in [-0.2, -0.15) is 0 Å². The Morgan fingerprint density at radius 3 is 2.55 bits per heavy atom. The van der Waals surface area contributed by atoms with E-state index in [-0.39, 0.29) is 0 Å². The summed E-state index contributed by atoms with van der Waals surface area (Å²) in [6.07, 6.45) is 5.36. The van der Waals surface area contributed by atoms with Crippen LogP contribution in [0, 0.1) is 0 Å². The highest BCUT2D eigenvalue weighted by Gasteiger charge is 2.25. The Balaban J connectivity index is 1.60. The molecule has 1 unspecified atom stereocenters. The fourth-order valence-electron chi connectivity index (χ4n) is 3.14. The molecule has 3 heteroatoms. The molecule has 1 aromatic rings. The van der Waals surface area contributed by atoms with Crippen LogP contribution in [0.1, 0.15) is 31.2 Å². The number of anilines is 1. The number of benzene rings is 1. The van der Waals surface area contributed by atoms with Crippen LogP contribution in [0.3, 0.4) is 0 Å². The van der Waals surface area contributed by atoms with Gasteiger partial charge in [0.25, 0.3) is 0 Å². The molecule has 2 aliphatic rings. The molecule has 1 aliphatic carbocycles. The number of nitrogens with zero attached hydrogens (tertiary/aromatic N) is 2. The van der Waals surface area contributed by atoms with Crippen molar-refractivity contribution in [3.05, 3.63) is 29.8 Å². The molecule has 0 bridgehead atoms. The van der Waals surface area contributed by atoms with Crippen LogP contribution >= 0.6 is 0 Å². The third kappa shape index (κ3) is 3.53. The van der Waals surface area contributed by atoms with Gasteiger partial charge in [0.15, 0.2) is 0 Å². The number of rotatable bonds is 6. The Labute approximate surface area is 123 Å². The van der Waals surface area contributed by atoms with Crippen LogP contribution in [-0.4, -0.2) is 44.2 Å². The van der Waals surface area contributed by atoms with Gasteiger partial charge in [-0.25, -0.2) is 0 Å². The first-order chi connectivity index (χ1) is 9.72. The topological polar surface area (TPSA) is 18.5 Å². The van der Waals surface area contributed by atoms with E-state index >= 15 is 0 Å². The number of hydrogen-bond donors (Lipinski definition) is 1. The first-order valence-corrected chi connectivity index (χ1v) is 7.96. The van der Waals surface area contributed by atoms with Crippen LogP contribution < -0.4 is 10.2 Å². The van der Waals surface area contributed by atoms with Gasteiger partial charge in [-0.15, -0.1) is 0 Å². The van der Waals surface area contributed by atoms with E-state index in [9.17, 15) is 0 Å². The van der Waals surface area contributed by atoms with Gasteiger partial charge in [0.2, 0.25) is 0 Å². The molecule has 110 valence electrons.